The molecule has 4 rings (SSSR count). The van der Waals surface area contributed by atoms with Crippen molar-refractivity contribution in [2.75, 3.05) is 33.7 Å². The second kappa shape index (κ2) is 10.0. The summed E-state index contributed by atoms with van der Waals surface area (Å²) in [7, 11) is 4.32. The van der Waals surface area contributed by atoms with E-state index in [4.69, 9.17) is 5.11 Å². The minimum absolute atomic E-state index is 0.0361. The highest BCUT2D eigenvalue weighted by Crippen LogP contribution is 2.50. The van der Waals surface area contributed by atoms with Gasteiger partial charge in [0.05, 0.1) is 17.5 Å². The molecule has 3 amide bonds. The average molecular weight is 499 g/mol. The van der Waals surface area contributed by atoms with Gasteiger partial charge in [0.15, 0.2) is 0 Å². The molecule has 1 heterocycles. The van der Waals surface area contributed by atoms with Crippen LogP contribution in [0.25, 0.3) is 0 Å². The Morgan fingerprint density at radius 3 is 2.28 bits per heavy atom. The first-order valence-electron chi connectivity index (χ1n) is 13.3. The maximum absolute atomic E-state index is 13.7. The van der Waals surface area contributed by atoms with Gasteiger partial charge in [-0.25, -0.2) is 4.79 Å². The molecule has 8 heteroatoms. The number of hydrogen-bond acceptors (Lipinski definition) is 4. The highest BCUT2D eigenvalue weighted by Gasteiger charge is 2.55. The molecule has 2 saturated carbocycles. The Bertz CT molecular complexity index is 965. The number of benzene rings is 1. The lowest BCUT2D eigenvalue weighted by Crippen LogP contribution is -2.55. The predicted molar refractivity (Wildman–Crippen MR) is 138 cm³/mol. The number of urea groups is 1. The predicted octanol–water partition coefficient (Wildman–Crippen LogP) is 3.66. The third-order valence-electron chi connectivity index (χ3n) is 8.50. The van der Waals surface area contributed by atoms with Gasteiger partial charge < -0.3 is 20.2 Å². The highest BCUT2D eigenvalue weighted by atomic mass is 16.4. The molecule has 3 aliphatic rings. The van der Waals surface area contributed by atoms with E-state index in [0.717, 1.165) is 32.2 Å². The lowest BCUT2D eigenvalue weighted by atomic mass is 9.68. The van der Waals surface area contributed by atoms with Crippen molar-refractivity contribution in [3.63, 3.8) is 0 Å². The molecule has 2 aliphatic carbocycles. The van der Waals surface area contributed by atoms with E-state index in [1.165, 1.54) is 18.4 Å². The molecule has 2 N–H and O–H groups in total. The van der Waals surface area contributed by atoms with Crippen LogP contribution >= 0.6 is 0 Å². The molecule has 0 bridgehead atoms. The van der Waals surface area contributed by atoms with E-state index in [-0.39, 0.29) is 35.9 Å². The summed E-state index contributed by atoms with van der Waals surface area (Å²) in [5, 5.41) is 11.8. The number of amides is 3. The fourth-order valence-corrected chi connectivity index (χ4v) is 6.31. The van der Waals surface area contributed by atoms with Gasteiger partial charge in [-0.1, -0.05) is 30.3 Å². The van der Waals surface area contributed by atoms with E-state index in [0.29, 0.717) is 19.0 Å². The number of nitrogens with one attached hydrogen (secondary N) is 1. The van der Waals surface area contributed by atoms with Gasteiger partial charge in [0.2, 0.25) is 5.91 Å². The molecule has 0 unspecified atom stereocenters. The van der Waals surface area contributed by atoms with Crippen LogP contribution in [0.4, 0.5) is 4.79 Å². The molecule has 1 aromatic carbocycles. The Hall–Kier alpha value is -2.61. The summed E-state index contributed by atoms with van der Waals surface area (Å²) in [4.78, 5) is 43.3. The van der Waals surface area contributed by atoms with Gasteiger partial charge in [0.25, 0.3) is 0 Å². The topological polar surface area (TPSA) is 93.2 Å². The fraction of sp³-hybridized carbons (Fsp3) is 0.679. The minimum Gasteiger partial charge on any atom is -0.481 e. The van der Waals surface area contributed by atoms with Crippen molar-refractivity contribution in [3.05, 3.63) is 35.9 Å². The molecule has 36 heavy (non-hydrogen) atoms. The van der Waals surface area contributed by atoms with Crippen LogP contribution in [0, 0.1) is 5.92 Å². The number of carbonyl (C=O) groups is 3. The van der Waals surface area contributed by atoms with Crippen molar-refractivity contribution in [2.24, 2.45) is 5.92 Å². The van der Waals surface area contributed by atoms with Gasteiger partial charge in [-0.2, -0.15) is 0 Å². The van der Waals surface area contributed by atoms with Gasteiger partial charge in [0, 0.05) is 31.6 Å². The van der Waals surface area contributed by atoms with E-state index in [9.17, 15) is 14.4 Å². The number of carboxylic acid groups (broad SMARTS) is 1. The van der Waals surface area contributed by atoms with Crippen LogP contribution in [0.1, 0.15) is 70.8 Å². The summed E-state index contributed by atoms with van der Waals surface area (Å²) >= 11 is 0. The molecule has 0 aromatic heterocycles. The van der Waals surface area contributed by atoms with Crippen LogP contribution in [-0.4, -0.2) is 82.5 Å². The zero-order valence-corrected chi connectivity index (χ0v) is 22.3. The second-order valence-electron chi connectivity index (χ2n) is 12.0. The minimum atomic E-state index is -0.989. The average Bonchev–Trinajstić information content (AvgIpc) is 3.61. The fourth-order valence-electron chi connectivity index (χ4n) is 6.31. The first-order valence-corrected chi connectivity index (χ1v) is 13.3. The molecule has 198 valence electrons. The normalized spacial score (nSPS) is 26.6. The van der Waals surface area contributed by atoms with Crippen molar-refractivity contribution < 1.29 is 19.5 Å². The highest BCUT2D eigenvalue weighted by molar-refractivity contribution is 5.81. The Morgan fingerprint density at radius 1 is 1.08 bits per heavy atom. The van der Waals surface area contributed by atoms with Crippen LogP contribution < -0.4 is 5.32 Å². The van der Waals surface area contributed by atoms with Crippen LogP contribution in [0.3, 0.4) is 0 Å². The third-order valence-corrected chi connectivity index (χ3v) is 8.50. The Morgan fingerprint density at radius 2 is 1.72 bits per heavy atom. The Balaban J connectivity index is 1.50. The largest absolute Gasteiger partial charge is 0.481 e. The Labute approximate surface area is 215 Å². The van der Waals surface area contributed by atoms with Crippen molar-refractivity contribution in [1.82, 2.24) is 20.0 Å². The van der Waals surface area contributed by atoms with Crippen molar-refractivity contribution >= 4 is 17.9 Å². The standard InChI is InChI=1S/C28H42N4O4/c1-26(2,29-23(33)12-13-24(34)35)19-31-20-27(32(25(31)36)18-21-10-11-21)14-16-28(17-15-27,30(3)4)22-8-6-5-7-9-22/h5-9,21H,10-20H2,1-4H3,(H,29,33)(H,34,35)/t27-,28-. The lowest BCUT2D eigenvalue weighted by Gasteiger charge is -2.51. The van der Waals surface area contributed by atoms with Gasteiger partial charge in [-0.05, 0) is 77.9 Å². The van der Waals surface area contributed by atoms with Crippen LogP contribution in [0.5, 0.6) is 0 Å². The number of nitrogens with zero attached hydrogens (tertiary/aromatic N) is 3. The SMILES string of the molecule is CN(C)[C@]1(c2ccccc2)CC[C@@]2(CC1)CN(CC(C)(C)NC(=O)CCC(=O)O)C(=O)N2CC1CC1. The van der Waals surface area contributed by atoms with Gasteiger partial charge in [0.1, 0.15) is 0 Å². The number of rotatable bonds is 10. The van der Waals surface area contributed by atoms with Gasteiger partial charge in [-0.3, -0.25) is 14.5 Å². The summed E-state index contributed by atoms with van der Waals surface area (Å²) < 4.78 is 0. The third kappa shape index (κ3) is 5.53. The van der Waals surface area contributed by atoms with E-state index >= 15 is 0 Å². The van der Waals surface area contributed by atoms with Crippen molar-refractivity contribution in [2.45, 2.75) is 81.8 Å². The smallest absolute Gasteiger partial charge is 0.320 e. The Kier molecular flexibility index (Phi) is 7.37. The van der Waals surface area contributed by atoms with E-state index in [2.05, 4.69) is 59.5 Å². The molecule has 0 radical (unpaired) electrons. The summed E-state index contributed by atoms with van der Waals surface area (Å²) in [5.41, 5.74) is 0.474. The van der Waals surface area contributed by atoms with E-state index < -0.39 is 11.5 Å². The maximum Gasteiger partial charge on any atom is 0.320 e. The first kappa shape index (κ1) is 26.5. The number of carbonyl (C=O) groups excluding carboxylic acids is 2. The molecular weight excluding hydrogens is 456 g/mol. The molecule has 1 spiro atoms. The van der Waals surface area contributed by atoms with Crippen molar-refractivity contribution in [1.29, 1.82) is 0 Å². The first-order chi connectivity index (χ1) is 17.0. The molecule has 1 saturated heterocycles. The second-order valence-corrected chi connectivity index (χ2v) is 12.0. The molecular formula is C28H42N4O4. The maximum atomic E-state index is 13.7. The molecule has 1 aromatic rings. The van der Waals surface area contributed by atoms with Crippen LogP contribution in [0.2, 0.25) is 0 Å². The number of hydrogen-bond donors (Lipinski definition) is 2. The lowest BCUT2D eigenvalue weighted by molar-refractivity contribution is -0.139. The summed E-state index contributed by atoms with van der Waals surface area (Å²) in [6.45, 7) is 5.71. The van der Waals surface area contributed by atoms with E-state index in [1.54, 1.807) is 0 Å². The van der Waals surface area contributed by atoms with Crippen LogP contribution in [0.15, 0.2) is 30.3 Å². The van der Waals surface area contributed by atoms with Crippen molar-refractivity contribution in [3.8, 4) is 0 Å². The summed E-state index contributed by atoms with van der Waals surface area (Å²) in [6.07, 6.45) is 5.99. The molecule has 3 fully saturated rings. The zero-order chi connectivity index (χ0) is 26.1. The number of carboxylic acids is 1. The quantitative estimate of drug-likeness (QED) is 0.514. The van der Waals surface area contributed by atoms with Gasteiger partial charge in [-0.15, -0.1) is 0 Å². The molecule has 8 nitrogen and oxygen atoms in total. The summed E-state index contributed by atoms with van der Waals surface area (Å²) in [6, 6.07) is 10.8. The molecule has 1 aliphatic heterocycles. The summed E-state index contributed by atoms with van der Waals surface area (Å²) in [5.74, 6) is -0.684. The number of aliphatic carboxylic acids is 1. The molecule has 0 atom stereocenters. The van der Waals surface area contributed by atoms with Gasteiger partial charge >= 0.3 is 12.0 Å². The van der Waals surface area contributed by atoms with E-state index in [1.807, 2.05) is 18.7 Å². The zero-order valence-electron chi connectivity index (χ0n) is 22.3. The monoisotopic (exact) mass is 498 g/mol. The van der Waals surface area contributed by atoms with Crippen LogP contribution in [-0.2, 0) is 15.1 Å².